The third-order valence-electron chi connectivity index (χ3n) is 4.49. The highest BCUT2D eigenvalue weighted by molar-refractivity contribution is 5.82. The fraction of sp³-hybridized carbons (Fsp3) is 0.611. The predicted molar refractivity (Wildman–Crippen MR) is 85.0 cm³/mol. The van der Waals surface area contributed by atoms with E-state index >= 15 is 0 Å². The molecule has 1 aromatic carbocycles. The Morgan fingerprint density at radius 1 is 1.20 bits per heavy atom. The minimum Gasteiger partial charge on any atom is -0.490 e. The zero-order valence-electron chi connectivity index (χ0n) is 13.1. The van der Waals surface area contributed by atoms with Gasteiger partial charge in [-0.15, -0.1) is 0 Å². The third kappa shape index (κ3) is 3.05. The summed E-state index contributed by atoms with van der Waals surface area (Å²) < 4.78 is 6.07. The summed E-state index contributed by atoms with van der Waals surface area (Å²) in [6, 6.07) is 6.25. The van der Waals surface area contributed by atoms with E-state index in [2.05, 4.69) is 39.8 Å². The van der Waals surface area contributed by atoms with Gasteiger partial charge in [0.25, 0.3) is 0 Å². The van der Waals surface area contributed by atoms with Gasteiger partial charge in [0.05, 0.1) is 6.10 Å². The number of hydrogen-bond acceptors (Lipinski definition) is 2. The van der Waals surface area contributed by atoms with Gasteiger partial charge in [-0.2, -0.15) is 0 Å². The predicted octanol–water partition coefficient (Wildman–Crippen LogP) is 5.01. The first kappa shape index (κ1) is 15.1. The number of nitrogens with one attached hydrogen (secondary N) is 1. The molecule has 2 atom stereocenters. The Bertz CT molecular complexity index is 456. The van der Waals surface area contributed by atoms with Crippen LogP contribution in [-0.2, 0) is 0 Å². The topological polar surface area (TPSA) is 33.1 Å². The van der Waals surface area contributed by atoms with E-state index in [1.165, 1.54) is 31.0 Å². The number of benzene rings is 1. The zero-order valence-corrected chi connectivity index (χ0v) is 13.1. The summed E-state index contributed by atoms with van der Waals surface area (Å²) in [5.41, 5.74) is 2.21. The summed E-state index contributed by atoms with van der Waals surface area (Å²) in [7, 11) is 0. The van der Waals surface area contributed by atoms with Crippen LogP contribution < -0.4 is 4.74 Å². The van der Waals surface area contributed by atoms with Crippen molar-refractivity contribution in [1.82, 2.24) is 0 Å². The van der Waals surface area contributed by atoms with Crippen molar-refractivity contribution in [3.63, 3.8) is 0 Å². The molecule has 20 heavy (non-hydrogen) atoms. The minimum absolute atomic E-state index is 0.143. The standard InChI is InChI=1S/C18H27NO/c1-12(2)20-18-15(11-19)9-6-10-16(18)17-13(3)7-5-8-14(17)4/h6,9-14,17,19H,5,7-8H2,1-4H3. The highest BCUT2D eigenvalue weighted by atomic mass is 16.5. The normalized spacial score (nSPS) is 26.6. The van der Waals surface area contributed by atoms with Crippen LogP contribution in [0.1, 0.15) is 64.0 Å². The molecule has 0 radical (unpaired) electrons. The van der Waals surface area contributed by atoms with E-state index in [0.29, 0.717) is 17.8 Å². The van der Waals surface area contributed by atoms with Crippen molar-refractivity contribution >= 4 is 6.21 Å². The quantitative estimate of drug-likeness (QED) is 0.768. The van der Waals surface area contributed by atoms with Gasteiger partial charge in [0, 0.05) is 11.8 Å². The average molecular weight is 273 g/mol. The highest BCUT2D eigenvalue weighted by Gasteiger charge is 2.31. The van der Waals surface area contributed by atoms with Crippen molar-refractivity contribution in [2.75, 3.05) is 0 Å². The molecule has 0 aromatic heterocycles. The molecule has 0 spiro atoms. The molecule has 1 fully saturated rings. The maximum absolute atomic E-state index is 7.64. The Hall–Kier alpha value is -1.31. The van der Waals surface area contributed by atoms with E-state index < -0.39 is 0 Å². The second-order valence-corrected chi connectivity index (χ2v) is 6.49. The van der Waals surface area contributed by atoms with Crippen molar-refractivity contribution in [2.24, 2.45) is 11.8 Å². The Morgan fingerprint density at radius 2 is 1.85 bits per heavy atom. The van der Waals surface area contributed by atoms with Gasteiger partial charge in [-0.1, -0.05) is 45.2 Å². The molecule has 0 heterocycles. The van der Waals surface area contributed by atoms with Crippen molar-refractivity contribution in [2.45, 2.75) is 59.0 Å². The molecule has 110 valence electrons. The maximum atomic E-state index is 7.64. The van der Waals surface area contributed by atoms with Gasteiger partial charge >= 0.3 is 0 Å². The van der Waals surface area contributed by atoms with Crippen LogP contribution in [0.3, 0.4) is 0 Å². The summed E-state index contributed by atoms with van der Waals surface area (Å²) in [4.78, 5) is 0. The van der Waals surface area contributed by atoms with Crippen molar-refractivity contribution in [1.29, 1.82) is 5.41 Å². The molecule has 1 N–H and O–H groups in total. The molecule has 0 bridgehead atoms. The molecular weight excluding hydrogens is 246 g/mol. The van der Waals surface area contributed by atoms with Crippen LogP contribution in [0.25, 0.3) is 0 Å². The number of hydrogen-bond donors (Lipinski definition) is 1. The summed E-state index contributed by atoms with van der Waals surface area (Å²) in [5, 5.41) is 7.64. The highest BCUT2D eigenvalue weighted by Crippen LogP contribution is 2.45. The van der Waals surface area contributed by atoms with E-state index in [1.54, 1.807) is 0 Å². The van der Waals surface area contributed by atoms with E-state index in [4.69, 9.17) is 10.1 Å². The Kier molecular flexibility index (Phi) is 4.85. The Balaban J connectivity index is 2.46. The fourth-order valence-corrected chi connectivity index (χ4v) is 3.62. The van der Waals surface area contributed by atoms with Crippen LogP contribution in [0, 0.1) is 17.2 Å². The van der Waals surface area contributed by atoms with Gasteiger partial charge in [0.2, 0.25) is 0 Å². The molecule has 0 saturated heterocycles. The molecule has 0 aliphatic heterocycles. The monoisotopic (exact) mass is 273 g/mol. The Morgan fingerprint density at radius 3 is 2.40 bits per heavy atom. The van der Waals surface area contributed by atoms with Gasteiger partial charge in [-0.25, -0.2) is 0 Å². The second kappa shape index (κ2) is 6.43. The molecule has 2 heteroatoms. The lowest BCUT2D eigenvalue weighted by atomic mass is 9.70. The van der Waals surface area contributed by atoms with E-state index in [0.717, 1.165) is 11.3 Å². The molecule has 1 saturated carbocycles. The SMILES string of the molecule is CC(C)Oc1c(C=N)cccc1C1C(C)CCCC1C. The summed E-state index contributed by atoms with van der Waals surface area (Å²) in [5.74, 6) is 2.86. The maximum Gasteiger partial charge on any atom is 0.131 e. The largest absolute Gasteiger partial charge is 0.490 e. The van der Waals surface area contributed by atoms with Gasteiger partial charge in [0.15, 0.2) is 0 Å². The first-order valence-corrected chi connectivity index (χ1v) is 7.84. The van der Waals surface area contributed by atoms with E-state index in [-0.39, 0.29) is 6.10 Å². The lowest BCUT2D eigenvalue weighted by Crippen LogP contribution is -2.24. The molecule has 0 amide bonds. The van der Waals surface area contributed by atoms with Crippen LogP contribution >= 0.6 is 0 Å². The van der Waals surface area contributed by atoms with E-state index in [1.807, 2.05) is 6.07 Å². The number of para-hydroxylation sites is 1. The lowest BCUT2D eigenvalue weighted by molar-refractivity contribution is 0.215. The summed E-state index contributed by atoms with van der Waals surface area (Å²) >= 11 is 0. The van der Waals surface area contributed by atoms with Crippen LogP contribution in [0.2, 0.25) is 0 Å². The van der Waals surface area contributed by atoms with Crippen LogP contribution in [0.15, 0.2) is 18.2 Å². The van der Waals surface area contributed by atoms with Crippen LogP contribution in [0.5, 0.6) is 5.75 Å². The lowest BCUT2D eigenvalue weighted by Gasteiger charge is -2.36. The number of ether oxygens (including phenoxy) is 1. The van der Waals surface area contributed by atoms with E-state index in [9.17, 15) is 0 Å². The minimum atomic E-state index is 0.143. The fourth-order valence-electron chi connectivity index (χ4n) is 3.62. The summed E-state index contributed by atoms with van der Waals surface area (Å²) in [6.45, 7) is 8.82. The molecule has 1 aliphatic carbocycles. The first-order chi connectivity index (χ1) is 9.54. The molecule has 2 unspecified atom stereocenters. The molecular formula is C18H27NO. The second-order valence-electron chi connectivity index (χ2n) is 6.49. The van der Waals surface area contributed by atoms with Crippen LogP contribution in [-0.4, -0.2) is 12.3 Å². The molecule has 1 aromatic rings. The molecule has 2 nitrogen and oxygen atoms in total. The zero-order chi connectivity index (χ0) is 14.7. The Labute approximate surface area is 123 Å². The van der Waals surface area contributed by atoms with Gasteiger partial charge < -0.3 is 10.1 Å². The smallest absolute Gasteiger partial charge is 0.131 e. The van der Waals surface area contributed by atoms with Crippen molar-refractivity contribution < 1.29 is 4.74 Å². The molecule has 1 aliphatic rings. The number of rotatable bonds is 4. The van der Waals surface area contributed by atoms with Crippen molar-refractivity contribution in [3.8, 4) is 5.75 Å². The van der Waals surface area contributed by atoms with Crippen LogP contribution in [0.4, 0.5) is 0 Å². The van der Waals surface area contributed by atoms with Crippen molar-refractivity contribution in [3.05, 3.63) is 29.3 Å². The van der Waals surface area contributed by atoms with Gasteiger partial charge in [0.1, 0.15) is 5.75 Å². The molecule has 2 rings (SSSR count). The first-order valence-electron chi connectivity index (χ1n) is 7.84. The van der Waals surface area contributed by atoms with Gasteiger partial charge in [-0.05, 0) is 43.2 Å². The average Bonchev–Trinajstić information content (AvgIpc) is 2.39. The summed E-state index contributed by atoms with van der Waals surface area (Å²) in [6.07, 6.45) is 5.49. The van der Waals surface area contributed by atoms with Gasteiger partial charge in [-0.3, -0.25) is 0 Å². The third-order valence-corrected chi connectivity index (χ3v) is 4.49.